The number of likely N-dealkylation sites (tertiary alicyclic amines) is 1. The molecule has 0 bridgehead atoms. The summed E-state index contributed by atoms with van der Waals surface area (Å²) >= 11 is 0. The molecule has 1 saturated heterocycles. The lowest BCUT2D eigenvalue weighted by Crippen LogP contribution is -2.39. The van der Waals surface area contributed by atoms with Crippen LogP contribution in [0.25, 0.3) is 0 Å². The van der Waals surface area contributed by atoms with Gasteiger partial charge in [0, 0.05) is 29.8 Å². The van der Waals surface area contributed by atoms with Crippen LogP contribution in [0.3, 0.4) is 0 Å². The Morgan fingerprint density at radius 2 is 1.97 bits per heavy atom. The van der Waals surface area contributed by atoms with Gasteiger partial charge in [0.1, 0.15) is 11.6 Å². The number of aromatic nitrogens is 2. The van der Waals surface area contributed by atoms with Crippen LogP contribution in [-0.2, 0) is 22.4 Å². The van der Waals surface area contributed by atoms with Crippen LogP contribution in [0.4, 0.5) is 10.2 Å². The maximum absolute atomic E-state index is 14.0. The summed E-state index contributed by atoms with van der Waals surface area (Å²) in [7, 11) is 0. The van der Waals surface area contributed by atoms with E-state index >= 15 is 0 Å². The van der Waals surface area contributed by atoms with Crippen LogP contribution in [0, 0.1) is 18.2 Å². The average molecular weight is 425 g/mol. The molecule has 31 heavy (non-hydrogen) atoms. The summed E-state index contributed by atoms with van der Waals surface area (Å²) < 4.78 is 14.0. The summed E-state index contributed by atoms with van der Waals surface area (Å²) in [5.74, 6) is 0.978. The number of rotatable bonds is 4. The molecule has 3 heterocycles. The van der Waals surface area contributed by atoms with E-state index in [0.29, 0.717) is 36.7 Å². The van der Waals surface area contributed by atoms with E-state index < -0.39 is 5.41 Å². The van der Waals surface area contributed by atoms with E-state index in [4.69, 9.17) is 9.97 Å². The Morgan fingerprint density at radius 3 is 2.68 bits per heavy atom. The van der Waals surface area contributed by atoms with Crippen LogP contribution in [0.15, 0.2) is 24.3 Å². The number of fused-ring (bicyclic) bond motifs is 1. The molecule has 2 aliphatic heterocycles. The second kappa shape index (κ2) is 8.02. The molecule has 0 unspecified atom stereocenters. The Bertz CT molecular complexity index is 1030. The van der Waals surface area contributed by atoms with E-state index in [1.807, 2.05) is 32.6 Å². The molecular formula is C24H29FN4O2. The van der Waals surface area contributed by atoms with Gasteiger partial charge < -0.3 is 4.90 Å². The van der Waals surface area contributed by atoms with Gasteiger partial charge in [-0.1, -0.05) is 39.0 Å². The first-order valence-corrected chi connectivity index (χ1v) is 10.9. The molecule has 2 aliphatic rings. The van der Waals surface area contributed by atoms with E-state index in [2.05, 4.69) is 0 Å². The molecule has 164 valence electrons. The Kier molecular flexibility index (Phi) is 5.54. The smallest absolute Gasteiger partial charge is 0.232 e. The van der Waals surface area contributed by atoms with Gasteiger partial charge in [-0.3, -0.25) is 14.5 Å². The number of hydrogen-bond acceptors (Lipinski definition) is 4. The van der Waals surface area contributed by atoms with Crippen molar-refractivity contribution < 1.29 is 14.0 Å². The Morgan fingerprint density at radius 1 is 1.23 bits per heavy atom. The highest BCUT2D eigenvalue weighted by molar-refractivity contribution is 6.00. The molecule has 1 atom stereocenters. The van der Waals surface area contributed by atoms with Gasteiger partial charge in [-0.2, -0.15) is 0 Å². The van der Waals surface area contributed by atoms with Crippen LogP contribution in [0.5, 0.6) is 0 Å². The average Bonchev–Trinajstić information content (AvgIpc) is 3.31. The maximum atomic E-state index is 14.0. The molecule has 1 aromatic carbocycles. The van der Waals surface area contributed by atoms with Crippen molar-refractivity contribution in [3.63, 3.8) is 0 Å². The molecule has 2 aromatic rings. The number of halogens is 1. The number of hydrogen-bond donors (Lipinski definition) is 0. The number of benzene rings is 1. The maximum Gasteiger partial charge on any atom is 0.232 e. The summed E-state index contributed by atoms with van der Waals surface area (Å²) in [6, 6.07) is 6.44. The molecule has 0 radical (unpaired) electrons. The Labute approximate surface area is 182 Å². The van der Waals surface area contributed by atoms with Crippen LogP contribution >= 0.6 is 0 Å². The van der Waals surface area contributed by atoms with Crippen molar-refractivity contribution in [3.8, 4) is 0 Å². The third kappa shape index (κ3) is 4.05. The third-order valence-corrected chi connectivity index (χ3v) is 6.11. The number of carbonyl (C=O) groups is 2. The highest BCUT2D eigenvalue weighted by Crippen LogP contribution is 2.37. The van der Waals surface area contributed by atoms with Crippen molar-refractivity contribution in [2.45, 2.75) is 59.4 Å². The highest BCUT2D eigenvalue weighted by atomic mass is 19.1. The lowest BCUT2D eigenvalue weighted by Gasteiger charge is -2.30. The first-order chi connectivity index (χ1) is 14.7. The number of amides is 2. The quantitative estimate of drug-likeness (QED) is 0.750. The standard InChI is InChI=1S/C24H29FN4O2/c1-15-17-14-20(30)29(13-11-16-8-5-6-9-18(16)25)22(17)27-21(26-15)19-10-7-12-28(19)23(31)24(2,3)4/h5-6,8-9,19H,7,10-14H2,1-4H3/t19-/m0/s1. The molecule has 7 heteroatoms. The van der Waals surface area contributed by atoms with Gasteiger partial charge in [-0.25, -0.2) is 14.4 Å². The molecular weight excluding hydrogens is 395 g/mol. The van der Waals surface area contributed by atoms with Crippen LogP contribution in [0.1, 0.15) is 62.3 Å². The Balaban J connectivity index is 1.62. The molecule has 0 spiro atoms. The fraction of sp³-hybridized carbons (Fsp3) is 0.500. The van der Waals surface area contributed by atoms with Gasteiger partial charge in [0.2, 0.25) is 11.8 Å². The molecule has 0 N–H and O–H groups in total. The second-order valence-corrected chi connectivity index (χ2v) is 9.44. The fourth-order valence-electron chi connectivity index (χ4n) is 4.42. The zero-order valence-electron chi connectivity index (χ0n) is 18.6. The van der Waals surface area contributed by atoms with Crippen molar-refractivity contribution >= 4 is 17.6 Å². The van der Waals surface area contributed by atoms with E-state index in [1.165, 1.54) is 6.07 Å². The molecule has 2 amide bonds. The zero-order valence-corrected chi connectivity index (χ0v) is 18.6. The Hall–Kier alpha value is -2.83. The number of carbonyl (C=O) groups excluding carboxylic acids is 2. The van der Waals surface area contributed by atoms with Gasteiger partial charge >= 0.3 is 0 Å². The monoisotopic (exact) mass is 424 g/mol. The normalized spacial score (nSPS) is 18.6. The number of aryl methyl sites for hydroxylation is 1. The van der Waals surface area contributed by atoms with Crippen molar-refractivity contribution in [3.05, 3.63) is 52.7 Å². The van der Waals surface area contributed by atoms with E-state index in [-0.39, 0.29) is 30.1 Å². The van der Waals surface area contributed by atoms with Crippen molar-refractivity contribution in [1.82, 2.24) is 14.9 Å². The third-order valence-electron chi connectivity index (χ3n) is 6.11. The topological polar surface area (TPSA) is 66.4 Å². The van der Waals surface area contributed by atoms with Gasteiger partial charge in [0.05, 0.1) is 12.5 Å². The lowest BCUT2D eigenvalue weighted by molar-refractivity contribution is -0.140. The molecule has 0 aliphatic carbocycles. The van der Waals surface area contributed by atoms with Crippen molar-refractivity contribution in [1.29, 1.82) is 0 Å². The van der Waals surface area contributed by atoms with Crippen LogP contribution in [0.2, 0.25) is 0 Å². The van der Waals surface area contributed by atoms with Crippen molar-refractivity contribution in [2.75, 3.05) is 18.0 Å². The van der Waals surface area contributed by atoms with Crippen LogP contribution in [-0.4, -0.2) is 39.8 Å². The molecule has 0 saturated carbocycles. The lowest BCUT2D eigenvalue weighted by atomic mass is 9.94. The summed E-state index contributed by atoms with van der Waals surface area (Å²) in [6.07, 6.45) is 2.38. The number of nitrogens with zero attached hydrogens (tertiary/aromatic N) is 4. The predicted octanol–water partition coefficient (Wildman–Crippen LogP) is 3.77. The minimum absolute atomic E-state index is 0.0464. The van der Waals surface area contributed by atoms with Crippen LogP contribution < -0.4 is 4.90 Å². The second-order valence-electron chi connectivity index (χ2n) is 9.44. The predicted molar refractivity (Wildman–Crippen MR) is 116 cm³/mol. The molecule has 6 nitrogen and oxygen atoms in total. The van der Waals surface area contributed by atoms with E-state index in [0.717, 1.165) is 24.1 Å². The van der Waals surface area contributed by atoms with Gasteiger partial charge in [-0.15, -0.1) is 0 Å². The summed E-state index contributed by atoms with van der Waals surface area (Å²) in [6.45, 7) is 8.70. The van der Waals surface area contributed by atoms with Crippen molar-refractivity contribution in [2.24, 2.45) is 5.41 Å². The van der Waals surface area contributed by atoms with Gasteiger partial charge in [0.25, 0.3) is 0 Å². The minimum Gasteiger partial charge on any atom is -0.332 e. The molecule has 1 fully saturated rings. The first kappa shape index (κ1) is 21.4. The summed E-state index contributed by atoms with van der Waals surface area (Å²) in [5.41, 5.74) is 1.70. The van der Waals surface area contributed by atoms with Gasteiger partial charge in [-0.05, 0) is 37.8 Å². The van der Waals surface area contributed by atoms with Gasteiger partial charge in [0.15, 0.2) is 5.82 Å². The first-order valence-electron chi connectivity index (χ1n) is 10.9. The molecule has 1 aromatic heterocycles. The SMILES string of the molecule is Cc1nc([C@@H]2CCCN2C(=O)C(C)(C)C)nc2c1CC(=O)N2CCc1ccccc1F. The largest absolute Gasteiger partial charge is 0.332 e. The zero-order chi connectivity index (χ0) is 22.3. The minimum atomic E-state index is -0.476. The highest BCUT2D eigenvalue weighted by Gasteiger charge is 2.39. The number of anilines is 1. The fourth-order valence-corrected chi connectivity index (χ4v) is 4.42. The van der Waals surface area contributed by atoms with E-state index in [1.54, 1.807) is 23.1 Å². The summed E-state index contributed by atoms with van der Waals surface area (Å²) in [5, 5.41) is 0. The van der Waals surface area contributed by atoms with E-state index in [9.17, 15) is 14.0 Å². The summed E-state index contributed by atoms with van der Waals surface area (Å²) in [4.78, 5) is 38.7. The molecule has 4 rings (SSSR count).